The zero-order chi connectivity index (χ0) is 10.6. The van der Waals surface area contributed by atoms with Gasteiger partial charge in [-0.2, -0.15) is 0 Å². The number of halogens is 1. The first-order valence-corrected chi connectivity index (χ1v) is 4.80. The van der Waals surface area contributed by atoms with E-state index in [9.17, 15) is 4.48 Å². The first kappa shape index (κ1) is 10.8. The van der Waals surface area contributed by atoms with E-state index in [1.165, 1.54) is 5.56 Å². The van der Waals surface area contributed by atoms with E-state index >= 15 is 0 Å². The third-order valence-corrected chi connectivity index (χ3v) is 2.00. The van der Waals surface area contributed by atoms with Crippen LogP contribution in [-0.4, -0.2) is 6.54 Å². The van der Waals surface area contributed by atoms with Crippen molar-refractivity contribution in [3.05, 3.63) is 42.0 Å². The lowest BCUT2D eigenvalue weighted by Crippen LogP contribution is -2.09. The van der Waals surface area contributed by atoms with Crippen molar-refractivity contribution in [3.63, 3.8) is 0 Å². The fourth-order valence-corrected chi connectivity index (χ4v) is 1.31. The maximum Gasteiger partial charge on any atom is 0.0687 e. The molecule has 0 spiro atoms. The second-order valence-corrected chi connectivity index (χ2v) is 3.48. The summed E-state index contributed by atoms with van der Waals surface area (Å²) in [6.45, 7) is 7.98. The molecule has 0 heterocycles. The minimum Gasteiger partial charge on any atom is -0.212 e. The van der Waals surface area contributed by atoms with Crippen LogP contribution in [0, 0.1) is 0 Å². The van der Waals surface area contributed by atoms with E-state index < -0.39 is 0 Å². The van der Waals surface area contributed by atoms with E-state index in [-0.39, 0.29) is 0 Å². The molecule has 0 aliphatic heterocycles. The van der Waals surface area contributed by atoms with Gasteiger partial charge in [-0.3, -0.25) is 0 Å². The van der Waals surface area contributed by atoms with Crippen LogP contribution >= 0.6 is 0 Å². The van der Waals surface area contributed by atoms with E-state index in [2.05, 4.69) is 6.58 Å². The predicted molar refractivity (Wildman–Crippen MR) is 59.1 cm³/mol. The zero-order valence-corrected chi connectivity index (χ0v) is 8.76. The van der Waals surface area contributed by atoms with Crippen LogP contribution in [0.1, 0.15) is 19.4 Å². The minimum absolute atomic E-state index is 0.375. The minimum atomic E-state index is 0.375. The number of hydrogen-bond donors (Lipinski definition) is 0. The second kappa shape index (κ2) is 4.80. The Morgan fingerprint density at radius 2 is 1.93 bits per heavy atom. The third-order valence-electron chi connectivity index (χ3n) is 2.00. The number of anilines is 1. The summed E-state index contributed by atoms with van der Waals surface area (Å²) < 4.78 is 13.1. The van der Waals surface area contributed by atoms with Crippen molar-refractivity contribution < 1.29 is 4.48 Å². The lowest BCUT2D eigenvalue weighted by molar-refractivity contribution is 0.444. The molecule has 0 aliphatic rings. The van der Waals surface area contributed by atoms with Gasteiger partial charge in [-0.15, -0.1) is 0 Å². The number of nitrogens with zero attached hydrogens (tertiary/aromatic N) is 1. The monoisotopic (exact) mass is 193 g/mol. The quantitative estimate of drug-likeness (QED) is 0.522. The molecule has 0 aliphatic carbocycles. The summed E-state index contributed by atoms with van der Waals surface area (Å²) in [5.41, 5.74) is 2.90. The van der Waals surface area contributed by atoms with Crippen molar-refractivity contribution in [1.29, 1.82) is 0 Å². The van der Waals surface area contributed by atoms with Gasteiger partial charge in [0.25, 0.3) is 0 Å². The zero-order valence-electron chi connectivity index (χ0n) is 8.76. The largest absolute Gasteiger partial charge is 0.212 e. The molecule has 14 heavy (non-hydrogen) atoms. The van der Waals surface area contributed by atoms with Gasteiger partial charge in [-0.1, -0.05) is 28.8 Å². The van der Waals surface area contributed by atoms with Crippen molar-refractivity contribution in [2.24, 2.45) is 0 Å². The summed E-state index contributed by atoms with van der Waals surface area (Å²) >= 11 is 0. The highest BCUT2D eigenvalue weighted by Gasteiger charge is 2.01. The molecule has 0 radical (unpaired) electrons. The van der Waals surface area contributed by atoms with Gasteiger partial charge >= 0.3 is 0 Å². The van der Waals surface area contributed by atoms with Crippen LogP contribution in [0.3, 0.4) is 0 Å². The highest BCUT2D eigenvalue weighted by Crippen LogP contribution is 2.16. The van der Waals surface area contributed by atoms with Crippen LogP contribution in [0.5, 0.6) is 0 Å². The van der Waals surface area contributed by atoms with Crippen molar-refractivity contribution >= 4 is 5.69 Å². The molecule has 0 fully saturated rings. The van der Waals surface area contributed by atoms with Crippen molar-refractivity contribution in [1.82, 2.24) is 0 Å². The summed E-state index contributed by atoms with van der Waals surface area (Å²) in [7, 11) is 0. The van der Waals surface area contributed by atoms with Gasteiger partial charge in [0.1, 0.15) is 0 Å². The Balaban J connectivity index is 2.73. The lowest BCUT2D eigenvalue weighted by atomic mass is 10.1. The molecule has 0 saturated heterocycles. The Bertz CT molecular complexity index is 303. The standard InChI is InChI=1S/C12H16FN/c1-4-14(13)12-7-5-11(6-8-12)9-10(2)3/h5-8H,2,4,9H2,1,3H3. The fourth-order valence-electron chi connectivity index (χ4n) is 1.31. The Kier molecular flexibility index (Phi) is 3.69. The van der Waals surface area contributed by atoms with Gasteiger partial charge in [-0.25, -0.2) is 5.12 Å². The molecule has 0 N–H and O–H groups in total. The molecule has 1 aromatic rings. The number of rotatable bonds is 4. The first-order chi connectivity index (χ1) is 6.63. The predicted octanol–water partition coefficient (Wildman–Crippen LogP) is 3.52. The van der Waals surface area contributed by atoms with Gasteiger partial charge in [0.15, 0.2) is 0 Å². The smallest absolute Gasteiger partial charge is 0.0687 e. The number of hydrogen-bond acceptors (Lipinski definition) is 1. The molecular weight excluding hydrogens is 177 g/mol. The van der Waals surface area contributed by atoms with Gasteiger partial charge in [0.2, 0.25) is 0 Å². The van der Waals surface area contributed by atoms with Crippen LogP contribution < -0.4 is 5.12 Å². The molecule has 0 unspecified atom stereocenters. The Hall–Kier alpha value is -1.31. The molecule has 0 amide bonds. The lowest BCUT2D eigenvalue weighted by Gasteiger charge is -2.11. The van der Waals surface area contributed by atoms with Gasteiger partial charge in [0, 0.05) is 6.54 Å². The van der Waals surface area contributed by atoms with Crippen LogP contribution in [-0.2, 0) is 6.42 Å². The summed E-state index contributed by atoms with van der Waals surface area (Å²) in [6, 6.07) is 7.46. The summed E-state index contributed by atoms with van der Waals surface area (Å²) in [4.78, 5) is 0. The first-order valence-electron chi connectivity index (χ1n) is 4.80. The molecule has 0 bridgehead atoms. The van der Waals surface area contributed by atoms with E-state index in [0.717, 1.165) is 17.1 Å². The van der Waals surface area contributed by atoms with Gasteiger partial charge < -0.3 is 0 Å². The average molecular weight is 193 g/mol. The highest BCUT2D eigenvalue weighted by molar-refractivity contribution is 5.45. The van der Waals surface area contributed by atoms with Crippen molar-refractivity contribution in [2.75, 3.05) is 11.7 Å². The van der Waals surface area contributed by atoms with E-state index in [4.69, 9.17) is 0 Å². The molecule has 76 valence electrons. The van der Waals surface area contributed by atoms with Gasteiger partial charge in [0.05, 0.1) is 5.69 Å². The van der Waals surface area contributed by atoms with Crippen LogP contribution in [0.4, 0.5) is 10.2 Å². The second-order valence-electron chi connectivity index (χ2n) is 3.48. The Morgan fingerprint density at radius 1 is 1.36 bits per heavy atom. The number of benzene rings is 1. The van der Waals surface area contributed by atoms with Crippen molar-refractivity contribution in [3.8, 4) is 0 Å². The molecule has 0 saturated carbocycles. The van der Waals surface area contributed by atoms with Crippen LogP contribution in [0.15, 0.2) is 36.4 Å². The SMILES string of the molecule is C=C(C)Cc1ccc(N(F)CC)cc1. The molecule has 1 aromatic carbocycles. The Labute approximate surface area is 84.8 Å². The van der Waals surface area contributed by atoms with Crippen LogP contribution in [0.2, 0.25) is 0 Å². The molecule has 0 atom stereocenters. The number of allylic oxidation sites excluding steroid dienone is 1. The van der Waals surface area contributed by atoms with E-state index in [1.54, 1.807) is 19.1 Å². The molecule has 1 rings (SSSR count). The topological polar surface area (TPSA) is 3.24 Å². The van der Waals surface area contributed by atoms with E-state index in [0.29, 0.717) is 12.2 Å². The molecular formula is C12H16FN. The highest BCUT2D eigenvalue weighted by atomic mass is 19.2. The fraction of sp³-hybridized carbons (Fsp3) is 0.333. The maximum absolute atomic E-state index is 13.1. The summed E-state index contributed by atoms with van der Waals surface area (Å²) in [6.07, 6.45) is 0.860. The maximum atomic E-state index is 13.1. The van der Waals surface area contributed by atoms with E-state index in [1.807, 2.05) is 19.1 Å². The normalized spacial score (nSPS) is 9.93. The van der Waals surface area contributed by atoms with Crippen molar-refractivity contribution in [2.45, 2.75) is 20.3 Å². The summed E-state index contributed by atoms with van der Waals surface area (Å²) in [5.74, 6) is 0. The average Bonchev–Trinajstić information content (AvgIpc) is 2.17. The van der Waals surface area contributed by atoms with Crippen LogP contribution in [0.25, 0.3) is 0 Å². The Morgan fingerprint density at radius 3 is 2.36 bits per heavy atom. The summed E-state index contributed by atoms with van der Waals surface area (Å²) in [5, 5.41) is 0.727. The van der Waals surface area contributed by atoms with Gasteiger partial charge in [-0.05, 0) is 38.0 Å². The molecule has 0 aromatic heterocycles. The molecule has 2 heteroatoms. The molecule has 1 nitrogen and oxygen atoms in total. The third kappa shape index (κ3) is 2.87.